The van der Waals surface area contributed by atoms with E-state index in [-0.39, 0.29) is 18.3 Å². The van der Waals surface area contributed by atoms with Crippen LogP contribution in [0.15, 0.2) is 12.5 Å². The first-order valence-corrected chi connectivity index (χ1v) is 6.73. The van der Waals surface area contributed by atoms with Gasteiger partial charge >= 0.3 is 0 Å². The second-order valence-electron chi connectivity index (χ2n) is 3.96. The minimum atomic E-state index is -2.81. The van der Waals surface area contributed by atoms with Crippen LogP contribution in [0.5, 0.6) is 0 Å². The normalized spacial score (nSPS) is 24.5. The third-order valence-electron chi connectivity index (χ3n) is 2.74. The molecule has 1 aromatic heterocycles. The summed E-state index contributed by atoms with van der Waals surface area (Å²) < 4.78 is 24.3. The lowest BCUT2D eigenvalue weighted by Gasteiger charge is -2.10. The van der Waals surface area contributed by atoms with Gasteiger partial charge in [-0.05, 0) is 12.3 Å². The second-order valence-corrected chi connectivity index (χ2v) is 6.19. The lowest BCUT2D eigenvalue weighted by molar-refractivity contribution is 0.268. The fourth-order valence-corrected chi connectivity index (χ4v) is 3.79. The SMILES string of the molecule is O=S1(=O)CCC(Cn2cncc2CO)C1. The van der Waals surface area contributed by atoms with Gasteiger partial charge in [0.05, 0.1) is 36.3 Å². The number of aromatic nitrogens is 2. The van der Waals surface area contributed by atoms with E-state index in [4.69, 9.17) is 5.11 Å². The van der Waals surface area contributed by atoms with Gasteiger partial charge in [0.1, 0.15) is 0 Å². The summed E-state index contributed by atoms with van der Waals surface area (Å²) in [5.74, 6) is 0.714. The van der Waals surface area contributed by atoms with Crippen molar-refractivity contribution in [2.24, 2.45) is 5.92 Å². The maximum Gasteiger partial charge on any atom is 0.150 e. The number of imidazole rings is 1. The predicted octanol–water partition coefficient (Wildman–Crippen LogP) is -0.190. The van der Waals surface area contributed by atoms with Crippen molar-refractivity contribution in [1.29, 1.82) is 0 Å². The molecule has 2 rings (SSSR count). The van der Waals surface area contributed by atoms with E-state index in [1.807, 2.05) is 4.57 Å². The molecule has 0 amide bonds. The van der Waals surface area contributed by atoms with Crippen LogP contribution in [0.1, 0.15) is 12.1 Å². The van der Waals surface area contributed by atoms with Gasteiger partial charge in [0.15, 0.2) is 9.84 Å². The Hall–Kier alpha value is -0.880. The van der Waals surface area contributed by atoms with Crippen LogP contribution in [0.4, 0.5) is 0 Å². The van der Waals surface area contributed by atoms with Crippen LogP contribution in [0, 0.1) is 5.92 Å². The van der Waals surface area contributed by atoms with Crippen LogP contribution in [0.25, 0.3) is 0 Å². The van der Waals surface area contributed by atoms with Gasteiger partial charge in [-0.15, -0.1) is 0 Å². The molecule has 84 valence electrons. The van der Waals surface area contributed by atoms with E-state index in [1.54, 1.807) is 12.5 Å². The Morgan fingerprint density at radius 2 is 2.40 bits per heavy atom. The van der Waals surface area contributed by atoms with Crippen molar-refractivity contribution in [3.63, 3.8) is 0 Å². The number of hydrogen-bond acceptors (Lipinski definition) is 4. The molecule has 1 unspecified atom stereocenters. The summed E-state index contributed by atoms with van der Waals surface area (Å²) in [5.41, 5.74) is 0.735. The van der Waals surface area contributed by atoms with Crippen molar-refractivity contribution in [3.05, 3.63) is 18.2 Å². The number of rotatable bonds is 3. The van der Waals surface area contributed by atoms with E-state index < -0.39 is 9.84 Å². The Kier molecular flexibility index (Phi) is 2.79. The Morgan fingerprint density at radius 3 is 3.00 bits per heavy atom. The highest BCUT2D eigenvalue weighted by Gasteiger charge is 2.28. The van der Waals surface area contributed by atoms with Crippen LogP contribution < -0.4 is 0 Å². The van der Waals surface area contributed by atoms with Gasteiger partial charge < -0.3 is 9.67 Å². The summed E-state index contributed by atoms with van der Waals surface area (Å²) in [5, 5.41) is 9.00. The zero-order valence-electron chi connectivity index (χ0n) is 8.33. The molecule has 0 bridgehead atoms. The summed E-state index contributed by atoms with van der Waals surface area (Å²) in [4.78, 5) is 3.92. The molecule has 0 aromatic carbocycles. The van der Waals surface area contributed by atoms with Gasteiger partial charge in [-0.25, -0.2) is 13.4 Å². The largest absolute Gasteiger partial charge is 0.390 e. The molecule has 0 aliphatic carbocycles. The molecule has 1 saturated heterocycles. The van der Waals surface area contributed by atoms with Crippen molar-refractivity contribution in [2.75, 3.05) is 11.5 Å². The van der Waals surface area contributed by atoms with Crippen molar-refractivity contribution < 1.29 is 13.5 Å². The van der Waals surface area contributed by atoms with Crippen molar-refractivity contribution in [1.82, 2.24) is 9.55 Å². The predicted molar refractivity (Wildman–Crippen MR) is 54.9 cm³/mol. The number of aliphatic hydroxyl groups is 1. The highest BCUT2D eigenvalue weighted by molar-refractivity contribution is 7.91. The maximum atomic E-state index is 11.2. The fourth-order valence-electron chi connectivity index (χ4n) is 1.94. The minimum absolute atomic E-state index is 0.0561. The van der Waals surface area contributed by atoms with Crippen LogP contribution in [0.3, 0.4) is 0 Å². The fraction of sp³-hybridized carbons (Fsp3) is 0.667. The smallest absolute Gasteiger partial charge is 0.150 e. The third-order valence-corrected chi connectivity index (χ3v) is 4.58. The van der Waals surface area contributed by atoms with E-state index in [0.717, 1.165) is 5.69 Å². The topological polar surface area (TPSA) is 72.2 Å². The molecule has 1 aromatic rings. The number of sulfone groups is 1. The zero-order chi connectivity index (χ0) is 10.9. The molecule has 1 atom stereocenters. The highest BCUT2D eigenvalue weighted by Crippen LogP contribution is 2.20. The van der Waals surface area contributed by atoms with Gasteiger partial charge in [0, 0.05) is 6.54 Å². The first-order valence-electron chi connectivity index (χ1n) is 4.91. The molecular weight excluding hydrogens is 216 g/mol. The minimum Gasteiger partial charge on any atom is -0.390 e. The van der Waals surface area contributed by atoms with Crippen LogP contribution in [-0.2, 0) is 23.0 Å². The Balaban J connectivity index is 2.04. The molecule has 1 fully saturated rings. The van der Waals surface area contributed by atoms with Gasteiger partial charge in [-0.3, -0.25) is 0 Å². The lowest BCUT2D eigenvalue weighted by atomic mass is 10.1. The highest BCUT2D eigenvalue weighted by atomic mass is 32.2. The molecule has 0 radical (unpaired) electrons. The zero-order valence-corrected chi connectivity index (χ0v) is 9.15. The number of hydrogen-bond donors (Lipinski definition) is 1. The van der Waals surface area contributed by atoms with Gasteiger partial charge in [-0.1, -0.05) is 0 Å². The second kappa shape index (κ2) is 3.94. The number of aliphatic hydroxyl groups excluding tert-OH is 1. The number of nitrogens with zero attached hydrogens (tertiary/aromatic N) is 2. The molecule has 1 aliphatic rings. The van der Waals surface area contributed by atoms with Gasteiger partial charge in [0.25, 0.3) is 0 Å². The van der Waals surface area contributed by atoms with Crippen LogP contribution >= 0.6 is 0 Å². The molecular formula is C9H14N2O3S. The third kappa shape index (κ3) is 2.38. The molecule has 15 heavy (non-hydrogen) atoms. The first-order chi connectivity index (χ1) is 7.11. The van der Waals surface area contributed by atoms with Crippen LogP contribution in [-0.4, -0.2) is 34.6 Å². The summed E-state index contributed by atoms with van der Waals surface area (Å²) >= 11 is 0. The van der Waals surface area contributed by atoms with E-state index in [0.29, 0.717) is 18.7 Å². The Bertz CT molecular complexity index is 438. The summed E-state index contributed by atoms with van der Waals surface area (Å²) in [7, 11) is -2.81. The average molecular weight is 230 g/mol. The maximum absolute atomic E-state index is 11.2. The van der Waals surface area contributed by atoms with E-state index in [1.165, 1.54) is 0 Å². The summed E-state index contributed by atoms with van der Waals surface area (Å²) in [6.45, 7) is 0.578. The van der Waals surface area contributed by atoms with Gasteiger partial charge in [-0.2, -0.15) is 0 Å². The molecule has 6 heteroatoms. The molecule has 1 N–H and O–H groups in total. The Morgan fingerprint density at radius 1 is 1.60 bits per heavy atom. The monoisotopic (exact) mass is 230 g/mol. The molecule has 0 saturated carbocycles. The van der Waals surface area contributed by atoms with Crippen LogP contribution in [0.2, 0.25) is 0 Å². The average Bonchev–Trinajstić information content (AvgIpc) is 2.73. The first kappa shape index (κ1) is 10.6. The summed E-state index contributed by atoms with van der Waals surface area (Å²) in [6, 6.07) is 0. The van der Waals surface area contributed by atoms with Crippen molar-refractivity contribution in [3.8, 4) is 0 Å². The lowest BCUT2D eigenvalue weighted by Crippen LogP contribution is -2.13. The quantitative estimate of drug-likeness (QED) is 0.781. The van der Waals surface area contributed by atoms with E-state index >= 15 is 0 Å². The Labute approximate surface area is 88.7 Å². The molecule has 0 spiro atoms. The van der Waals surface area contributed by atoms with E-state index in [9.17, 15) is 8.42 Å². The van der Waals surface area contributed by atoms with E-state index in [2.05, 4.69) is 4.98 Å². The summed E-state index contributed by atoms with van der Waals surface area (Å²) in [6.07, 6.45) is 3.95. The van der Waals surface area contributed by atoms with Crippen molar-refractivity contribution in [2.45, 2.75) is 19.6 Å². The van der Waals surface area contributed by atoms with Crippen molar-refractivity contribution >= 4 is 9.84 Å². The standard InChI is InChI=1S/C9H14N2O3S/c12-5-9-3-10-7-11(9)4-8-1-2-15(13,14)6-8/h3,7-8,12H,1-2,4-6H2. The molecule has 5 nitrogen and oxygen atoms in total. The molecule has 2 heterocycles. The molecule has 1 aliphatic heterocycles. The van der Waals surface area contributed by atoms with Gasteiger partial charge in [0.2, 0.25) is 0 Å².